The third-order valence-corrected chi connectivity index (χ3v) is 6.97. The first kappa shape index (κ1) is 19.9. The van der Waals surface area contributed by atoms with E-state index in [4.69, 9.17) is 16.3 Å². The molecule has 0 amide bonds. The van der Waals surface area contributed by atoms with Gasteiger partial charge in [-0.2, -0.15) is 4.31 Å². The molecule has 0 bridgehead atoms. The van der Waals surface area contributed by atoms with Crippen LogP contribution in [0.15, 0.2) is 35.2 Å². The van der Waals surface area contributed by atoms with Crippen molar-refractivity contribution >= 4 is 27.4 Å². The summed E-state index contributed by atoms with van der Waals surface area (Å²) in [7, 11) is 0.130. The van der Waals surface area contributed by atoms with Crippen LogP contribution in [0.5, 0.6) is 5.88 Å². The molecule has 1 saturated heterocycles. The van der Waals surface area contributed by atoms with Gasteiger partial charge in [0.25, 0.3) is 0 Å². The second-order valence-corrected chi connectivity index (χ2v) is 9.05. The number of halogens is 1. The second-order valence-electron chi connectivity index (χ2n) is 6.73. The maximum Gasteiger partial charge on any atom is 0.243 e. The summed E-state index contributed by atoms with van der Waals surface area (Å²) in [4.78, 5) is 2.09. The van der Waals surface area contributed by atoms with Gasteiger partial charge in [0.05, 0.1) is 11.4 Å². The number of anilines is 1. The van der Waals surface area contributed by atoms with Crippen LogP contribution in [-0.2, 0) is 10.0 Å². The average Bonchev–Trinajstić information content (AvgIpc) is 2.64. The lowest BCUT2D eigenvalue weighted by Gasteiger charge is -2.32. The zero-order chi connectivity index (χ0) is 19.6. The summed E-state index contributed by atoms with van der Waals surface area (Å²) in [6, 6.07) is 8.49. The fourth-order valence-corrected chi connectivity index (χ4v) is 5.00. The van der Waals surface area contributed by atoms with Gasteiger partial charge >= 0.3 is 0 Å². The minimum Gasteiger partial charge on any atom is -0.472 e. The topological polar surface area (TPSA) is 75.6 Å². The lowest BCUT2D eigenvalue weighted by Crippen LogP contribution is -2.44. The van der Waals surface area contributed by atoms with Crippen LogP contribution in [0, 0.1) is 6.92 Å². The van der Waals surface area contributed by atoms with Gasteiger partial charge in [-0.05, 0) is 43.5 Å². The van der Waals surface area contributed by atoms with Crippen molar-refractivity contribution in [1.82, 2.24) is 14.5 Å². The number of ether oxygens (including phenoxy) is 1. The minimum absolute atomic E-state index is 0.241. The van der Waals surface area contributed by atoms with Gasteiger partial charge < -0.3 is 9.64 Å². The molecule has 2 aromatic rings. The van der Waals surface area contributed by atoms with Crippen LogP contribution in [-0.4, -0.2) is 56.2 Å². The monoisotopic (exact) mass is 410 g/mol. The smallest absolute Gasteiger partial charge is 0.243 e. The normalized spacial score (nSPS) is 18.3. The molecule has 0 saturated carbocycles. The molecule has 1 unspecified atom stereocenters. The van der Waals surface area contributed by atoms with Gasteiger partial charge in [0.15, 0.2) is 5.82 Å². The predicted octanol–water partition coefficient (Wildman–Crippen LogP) is 2.74. The Labute approximate surface area is 165 Å². The minimum atomic E-state index is -3.63. The van der Waals surface area contributed by atoms with Crippen molar-refractivity contribution in [2.24, 2.45) is 0 Å². The highest BCUT2D eigenvalue weighted by Crippen LogP contribution is 2.28. The first-order valence-corrected chi connectivity index (χ1v) is 10.5. The van der Waals surface area contributed by atoms with E-state index in [0.29, 0.717) is 29.4 Å². The maximum absolute atomic E-state index is 13.1. The van der Waals surface area contributed by atoms with Gasteiger partial charge in [-0.15, -0.1) is 10.2 Å². The molecule has 1 aliphatic heterocycles. The van der Waals surface area contributed by atoms with Gasteiger partial charge in [0, 0.05) is 31.7 Å². The lowest BCUT2D eigenvalue weighted by atomic mass is 10.1. The number of hydrogen-bond donors (Lipinski definition) is 0. The maximum atomic E-state index is 13.1. The van der Waals surface area contributed by atoms with Crippen LogP contribution in [0.4, 0.5) is 5.82 Å². The Morgan fingerprint density at radius 2 is 2.00 bits per heavy atom. The molecule has 9 heteroatoms. The third kappa shape index (κ3) is 4.34. The van der Waals surface area contributed by atoms with Crippen LogP contribution >= 0.6 is 11.6 Å². The second kappa shape index (κ2) is 8.00. The van der Waals surface area contributed by atoms with E-state index in [1.165, 1.54) is 4.31 Å². The van der Waals surface area contributed by atoms with Crippen molar-refractivity contribution in [1.29, 1.82) is 0 Å². The fraction of sp³-hybridized carbons (Fsp3) is 0.444. The van der Waals surface area contributed by atoms with Crippen molar-refractivity contribution in [3.05, 3.63) is 40.9 Å². The molecule has 1 atom stereocenters. The van der Waals surface area contributed by atoms with Gasteiger partial charge in [-0.3, -0.25) is 0 Å². The summed E-state index contributed by atoms with van der Waals surface area (Å²) in [5.74, 6) is 1.12. The fourth-order valence-electron chi connectivity index (χ4n) is 3.01. The molecule has 0 aliphatic carbocycles. The Morgan fingerprint density at radius 3 is 2.67 bits per heavy atom. The molecule has 1 aromatic carbocycles. The van der Waals surface area contributed by atoms with Gasteiger partial charge in [-0.25, -0.2) is 8.42 Å². The molecule has 3 rings (SSSR count). The van der Waals surface area contributed by atoms with Crippen molar-refractivity contribution in [3.8, 4) is 5.88 Å². The van der Waals surface area contributed by atoms with Gasteiger partial charge in [-0.1, -0.05) is 17.7 Å². The van der Waals surface area contributed by atoms with Crippen molar-refractivity contribution in [2.75, 3.05) is 32.1 Å². The van der Waals surface area contributed by atoms with E-state index >= 15 is 0 Å². The zero-order valence-corrected chi connectivity index (χ0v) is 17.2. The quantitative estimate of drug-likeness (QED) is 0.754. The van der Waals surface area contributed by atoms with E-state index in [1.807, 2.05) is 25.1 Å². The van der Waals surface area contributed by atoms with Crippen LogP contribution < -0.4 is 9.64 Å². The molecule has 2 heterocycles. The molecule has 0 N–H and O–H groups in total. The molecule has 27 heavy (non-hydrogen) atoms. The molecular formula is C18H23ClN4O3S. The standard InChI is InChI=1S/C18H23ClN4O3S/c1-13-15(19)7-4-8-16(13)27(24,25)23-11-5-6-14(12-23)26-18-10-9-17(20-21-18)22(2)3/h4,7-10,14H,5-6,11-12H2,1-3H3. The Bertz CT molecular complexity index is 903. The molecule has 1 fully saturated rings. The molecule has 1 aromatic heterocycles. The Hall–Kier alpha value is -1.90. The van der Waals surface area contributed by atoms with E-state index in [1.54, 1.807) is 31.2 Å². The molecule has 7 nitrogen and oxygen atoms in total. The molecule has 0 spiro atoms. The number of aromatic nitrogens is 2. The molecular weight excluding hydrogens is 388 g/mol. The summed E-state index contributed by atoms with van der Waals surface area (Å²) in [6.45, 7) is 2.44. The Morgan fingerprint density at radius 1 is 1.22 bits per heavy atom. The SMILES string of the molecule is Cc1c(Cl)cccc1S(=O)(=O)N1CCCC(Oc2ccc(N(C)C)nn2)C1. The number of hydrogen-bond acceptors (Lipinski definition) is 6. The molecule has 1 aliphatic rings. The van der Waals surface area contributed by atoms with Crippen LogP contribution in [0.3, 0.4) is 0 Å². The number of nitrogens with zero attached hydrogens (tertiary/aromatic N) is 4. The summed E-state index contributed by atoms with van der Waals surface area (Å²) in [6.07, 6.45) is 1.21. The Kier molecular flexibility index (Phi) is 5.88. The average molecular weight is 411 g/mol. The largest absolute Gasteiger partial charge is 0.472 e. The summed E-state index contributed by atoms with van der Waals surface area (Å²) >= 11 is 6.10. The van der Waals surface area contributed by atoms with Crippen molar-refractivity contribution in [2.45, 2.75) is 30.8 Å². The van der Waals surface area contributed by atoms with Crippen LogP contribution in [0.1, 0.15) is 18.4 Å². The molecule has 146 valence electrons. The molecule has 0 radical (unpaired) electrons. The highest BCUT2D eigenvalue weighted by atomic mass is 35.5. The lowest BCUT2D eigenvalue weighted by molar-refractivity contribution is 0.123. The summed E-state index contributed by atoms with van der Waals surface area (Å²) < 4.78 is 33.5. The summed E-state index contributed by atoms with van der Waals surface area (Å²) in [5.41, 5.74) is 0.562. The van der Waals surface area contributed by atoms with Crippen LogP contribution in [0.25, 0.3) is 0 Å². The van der Waals surface area contributed by atoms with Crippen molar-refractivity contribution < 1.29 is 13.2 Å². The first-order chi connectivity index (χ1) is 12.8. The number of sulfonamides is 1. The van der Waals surface area contributed by atoms with Crippen molar-refractivity contribution in [3.63, 3.8) is 0 Å². The van der Waals surface area contributed by atoms with Crippen LogP contribution in [0.2, 0.25) is 5.02 Å². The number of rotatable bonds is 5. The summed E-state index contributed by atoms with van der Waals surface area (Å²) in [5, 5.41) is 8.59. The van der Waals surface area contributed by atoms with E-state index in [-0.39, 0.29) is 17.5 Å². The van der Waals surface area contributed by atoms with E-state index in [9.17, 15) is 8.42 Å². The number of piperidine rings is 1. The first-order valence-electron chi connectivity index (χ1n) is 8.72. The highest BCUT2D eigenvalue weighted by molar-refractivity contribution is 7.89. The highest BCUT2D eigenvalue weighted by Gasteiger charge is 2.32. The Balaban J connectivity index is 1.74. The predicted molar refractivity (Wildman–Crippen MR) is 105 cm³/mol. The third-order valence-electron chi connectivity index (χ3n) is 4.55. The van der Waals surface area contributed by atoms with E-state index in [0.717, 1.165) is 12.2 Å². The zero-order valence-electron chi connectivity index (χ0n) is 15.6. The van der Waals surface area contributed by atoms with Gasteiger partial charge in [0.2, 0.25) is 15.9 Å². The number of benzene rings is 1. The van der Waals surface area contributed by atoms with E-state index < -0.39 is 10.0 Å². The van der Waals surface area contributed by atoms with E-state index in [2.05, 4.69) is 10.2 Å². The van der Waals surface area contributed by atoms with Gasteiger partial charge in [0.1, 0.15) is 6.10 Å².